The maximum atomic E-state index is 13.1. The van der Waals surface area contributed by atoms with Crippen molar-refractivity contribution >= 4 is 34.2 Å². The third-order valence-corrected chi connectivity index (χ3v) is 5.41. The van der Waals surface area contributed by atoms with Gasteiger partial charge in [-0.2, -0.15) is 5.10 Å². The van der Waals surface area contributed by atoms with Gasteiger partial charge in [0.1, 0.15) is 11.4 Å². The highest BCUT2D eigenvalue weighted by Gasteiger charge is 2.19. The first-order valence-corrected chi connectivity index (χ1v) is 10.1. The van der Waals surface area contributed by atoms with Gasteiger partial charge >= 0.3 is 0 Å². The van der Waals surface area contributed by atoms with Crippen molar-refractivity contribution in [3.63, 3.8) is 0 Å². The molecule has 5 nitrogen and oxygen atoms in total. The predicted molar refractivity (Wildman–Crippen MR) is 123 cm³/mol. The minimum absolute atomic E-state index is 0.206. The average Bonchev–Trinajstić information content (AvgIpc) is 3.22. The van der Waals surface area contributed by atoms with Gasteiger partial charge in [0.15, 0.2) is 0 Å². The first kappa shape index (κ1) is 19.2. The molecular formula is C23H18IN3O2. The van der Waals surface area contributed by atoms with Gasteiger partial charge in [-0.15, -0.1) is 0 Å². The van der Waals surface area contributed by atoms with Gasteiger partial charge < -0.3 is 10.1 Å². The Bertz CT molecular complexity index is 1140. The summed E-state index contributed by atoms with van der Waals surface area (Å²) in [4.78, 5) is 13.1. The number of benzene rings is 3. The number of carbonyl (C=O) groups excluding carboxylic acids is 1. The second-order valence-electron chi connectivity index (χ2n) is 6.33. The molecule has 1 heterocycles. The standard InChI is InChI=1S/C23H18IN3O2/c1-29-18-13-11-16(12-14-18)22-19(15-27(26-22)17-7-3-2-4-8-17)23(28)25-21-10-6-5-9-20(21)24/h2-15H,1H3,(H,25,28). The molecule has 6 heteroatoms. The van der Waals surface area contributed by atoms with Crippen molar-refractivity contribution in [1.82, 2.24) is 9.78 Å². The fraction of sp³-hybridized carbons (Fsp3) is 0.0435. The summed E-state index contributed by atoms with van der Waals surface area (Å²) in [5.41, 5.74) is 3.61. The van der Waals surface area contributed by atoms with Gasteiger partial charge in [0, 0.05) is 15.3 Å². The van der Waals surface area contributed by atoms with Crippen molar-refractivity contribution in [2.75, 3.05) is 12.4 Å². The number of hydrogen-bond donors (Lipinski definition) is 1. The zero-order valence-electron chi connectivity index (χ0n) is 15.7. The Balaban J connectivity index is 1.77. The molecule has 0 saturated heterocycles. The molecule has 0 spiro atoms. The van der Waals surface area contributed by atoms with Crippen LogP contribution in [0.4, 0.5) is 5.69 Å². The first-order chi connectivity index (χ1) is 14.2. The van der Waals surface area contributed by atoms with Crippen molar-refractivity contribution in [3.05, 3.63) is 94.2 Å². The number of ether oxygens (including phenoxy) is 1. The quantitative estimate of drug-likeness (QED) is 0.377. The summed E-state index contributed by atoms with van der Waals surface area (Å²) >= 11 is 2.21. The monoisotopic (exact) mass is 495 g/mol. The third kappa shape index (κ3) is 4.17. The Kier molecular flexibility index (Phi) is 5.62. The number of carbonyl (C=O) groups is 1. The maximum Gasteiger partial charge on any atom is 0.259 e. The zero-order valence-corrected chi connectivity index (χ0v) is 17.8. The number of nitrogens with zero attached hydrogens (tertiary/aromatic N) is 2. The Hall–Kier alpha value is -3.13. The van der Waals surface area contributed by atoms with Crippen molar-refractivity contribution in [3.8, 4) is 22.7 Å². The number of para-hydroxylation sites is 2. The molecule has 0 atom stereocenters. The maximum absolute atomic E-state index is 13.1. The van der Waals surface area contributed by atoms with Gasteiger partial charge in [0.05, 0.1) is 24.0 Å². The van der Waals surface area contributed by atoms with E-state index in [2.05, 4.69) is 27.9 Å². The minimum Gasteiger partial charge on any atom is -0.497 e. The van der Waals surface area contributed by atoms with Crippen molar-refractivity contribution in [2.45, 2.75) is 0 Å². The van der Waals surface area contributed by atoms with Crippen LogP contribution in [0.25, 0.3) is 16.9 Å². The predicted octanol–water partition coefficient (Wildman–Crippen LogP) is 5.40. The Morgan fingerprint density at radius 1 is 0.966 bits per heavy atom. The molecule has 0 unspecified atom stereocenters. The van der Waals surface area contributed by atoms with Crippen LogP contribution in [-0.2, 0) is 0 Å². The SMILES string of the molecule is COc1ccc(-c2nn(-c3ccccc3)cc2C(=O)Nc2ccccc2I)cc1. The number of aromatic nitrogens is 2. The number of methoxy groups -OCH3 is 1. The normalized spacial score (nSPS) is 10.6. The van der Waals surface area contributed by atoms with E-state index >= 15 is 0 Å². The van der Waals surface area contributed by atoms with Gasteiger partial charge in [-0.05, 0) is 71.1 Å². The number of anilines is 1. The second-order valence-corrected chi connectivity index (χ2v) is 7.50. The third-order valence-electron chi connectivity index (χ3n) is 4.47. The molecule has 4 aromatic rings. The number of rotatable bonds is 5. The molecule has 1 aromatic heterocycles. The molecule has 0 aliphatic rings. The van der Waals surface area contributed by atoms with Crippen molar-refractivity contribution in [2.24, 2.45) is 0 Å². The highest BCUT2D eigenvalue weighted by Crippen LogP contribution is 2.27. The van der Waals surface area contributed by atoms with Crippen LogP contribution >= 0.6 is 22.6 Å². The van der Waals surface area contributed by atoms with E-state index in [1.165, 1.54) is 0 Å². The van der Waals surface area contributed by atoms with Crippen molar-refractivity contribution < 1.29 is 9.53 Å². The highest BCUT2D eigenvalue weighted by molar-refractivity contribution is 14.1. The molecule has 1 N–H and O–H groups in total. The van der Waals surface area contributed by atoms with E-state index in [1.807, 2.05) is 78.9 Å². The van der Waals surface area contributed by atoms with E-state index in [-0.39, 0.29) is 5.91 Å². The molecule has 144 valence electrons. The summed E-state index contributed by atoms with van der Waals surface area (Å²) in [6.45, 7) is 0. The van der Waals surface area contributed by atoms with Gasteiger partial charge in [0.25, 0.3) is 5.91 Å². The van der Waals surface area contributed by atoms with Gasteiger partial charge in [0.2, 0.25) is 0 Å². The van der Waals surface area contributed by atoms with Crippen LogP contribution in [0.5, 0.6) is 5.75 Å². The number of hydrogen-bond acceptors (Lipinski definition) is 3. The molecule has 3 aromatic carbocycles. The van der Waals surface area contributed by atoms with Gasteiger partial charge in [-0.25, -0.2) is 4.68 Å². The lowest BCUT2D eigenvalue weighted by atomic mass is 10.1. The molecule has 4 rings (SSSR count). The van der Waals surface area contributed by atoms with Crippen LogP contribution in [0.2, 0.25) is 0 Å². The summed E-state index contributed by atoms with van der Waals surface area (Å²) in [6.07, 6.45) is 1.76. The molecule has 0 saturated carbocycles. The van der Waals surface area contributed by atoms with Gasteiger partial charge in [-0.3, -0.25) is 4.79 Å². The fourth-order valence-electron chi connectivity index (χ4n) is 2.97. The van der Waals surface area contributed by atoms with Crippen LogP contribution in [0.15, 0.2) is 85.1 Å². The van der Waals surface area contributed by atoms with Gasteiger partial charge in [-0.1, -0.05) is 30.3 Å². The zero-order chi connectivity index (χ0) is 20.2. The summed E-state index contributed by atoms with van der Waals surface area (Å²) in [5, 5.41) is 7.70. The summed E-state index contributed by atoms with van der Waals surface area (Å²) < 4.78 is 7.94. The Morgan fingerprint density at radius 2 is 1.66 bits per heavy atom. The smallest absolute Gasteiger partial charge is 0.259 e. The lowest BCUT2D eigenvalue weighted by Gasteiger charge is -2.07. The van der Waals surface area contributed by atoms with E-state index in [0.29, 0.717) is 11.3 Å². The van der Waals surface area contributed by atoms with E-state index in [4.69, 9.17) is 9.84 Å². The molecule has 0 fully saturated rings. The highest BCUT2D eigenvalue weighted by atomic mass is 127. The van der Waals surface area contributed by atoms with E-state index in [0.717, 1.165) is 26.3 Å². The second kappa shape index (κ2) is 8.48. The molecule has 0 aliphatic carbocycles. The summed E-state index contributed by atoms with van der Waals surface area (Å²) in [5.74, 6) is 0.545. The number of nitrogens with one attached hydrogen (secondary N) is 1. The summed E-state index contributed by atoms with van der Waals surface area (Å²) in [7, 11) is 1.62. The number of halogens is 1. The van der Waals surface area contributed by atoms with E-state index < -0.39 is 0 Å². The fourth-order valence-corrected chi connectivity index (χ4v) is 3.49. The minimum atomic E-state index is -0.206. The van der Waals surface area contributed by atoms with Crippen LogP contribution in [0, 0.1) is 3.57 Å². The molecule has 0 bridgehead atoms. The van der Waals surface area contributed by atoms with E-state index in [9.17, 15) is 4.79 Å². The topological polar surface area (TPSA) is 56.2 Å². The molecular weight excluding hydrogens is 477 g/mol. The molecule has 29 heavy (non-hydrogen) atoms. The molecule has 1 amide bonds. The lowest BCUT2D eigenvalue weighted by Crippen LogP contribution is -2.13. The van der Waals surface area contributed by atoms with Crippen LogP contribution in [0.1, 0.15) is 10.4 Å². The van der Waals surface area contributed by atoms with Crippen LogP contribution < -0.4 is 10.1 Å². The Labute approximate surface area is 182 Å². The first-order valence-electron chi connectivity index (χ1n) is 9.01. The molecule has 0 aliphatic heterocycles. The largest absolute Gasteiger partial charge is 0.497 e. The van der Waals surface area contributed by atoms with Crippen LogP contribution in [-0.4, -0.2) is 22.8 Å². The van der Waals surface area contributed by atoms with Crippen LogP contribution in [0.3, 0.4) is 0 Å². The number of amides is 1. The Morgan fingerprint density at radius 3 is 2.34 bits per heavy atom. The van der Waals surface area contributed by atoms with E-state index in [1.54, 1.807) is 18.0 Å². The molecule has 0 radical (unpaired) electrons. The van der Waals surface area contributed by atoms with Crippen molar-refractivity contribution in [1.29, 1.82) is 0 Å². The lowest BCUT2D eigenvalue weighted by molar-refractivity contribution is 0.102. The summed E-state index contributed by atoms with van der Waals surface area (Å²) in [6, 6.07) is 24.9. The average molecular weight is 495 g/mol.